The van der Waals surface area contributed by atoms with Crippen LogP contribution in [0.2, 0.25) is 0 Å². The molecule has 4 heteroatoms. The Hall–Kier alpha value is -0.770. The van der Waals surface area contributed by atoms with Gasteiger partial charge in [-0.25, -0.2) is 0 Å². The number of hydrogen-bond acceptors (Lipinski definition) is 3. The summed E-state index contributed by atoms with van der Waals surface area (Å²) >= 11 is 1.58. The molecule has 4 rings (SSSR count). The Labute approximate surface area is 181 Å². The third kappa shape index (κ3) is 3.51. The molecule has 0 aromatic carbocycles. The van der Waals surface area contributed by atoms with Crippen molar-refractivity contribution in [1.82, 2.24) is 5.32 Å². The van der Waals surface area contributed by atoms with Gasteiger partial charge in [-0.05, 0) is 88.0 Å². The van der Waals surface area contributed by atoms with Gasteiger partial charge in [-0.1, -0.05) is 45.0 Å². The second-order valence-electron chi connectivity index (χ2n) is 11.4. The van der Waals surface area contributed by atoms with Gasteiger partial charge in [0.15, 0.2) is 0 Å². The molecule has 3 nitrogen and oxygen atoms in total. The van der Waals surface area contributed by atoms with Gasteiger partial charge in [0.25, 0.3) is 0 Å². The molecule has 7 atom stereocenters. The lowest BCUT2D eigenvalue weighted by atomic mass is 9.49. The van der Waals surface area contributed by atoms with Gasteiger partial charge in [-0.2, -0.15) is 0 Å². The lowest BCUT2D eigenvalue weighted by molar-refractivity contribution is -0.133. The fourth-order valence-corrected chi connectivity index (χ4v) is 8.93. The summed E-state index contributed by atoms with van der Waals surface area (Å²) in [6.07, 6.45) is 13.2. The molecule has 0 aromatic heterocycles. The van der Waals surface area contributed by atoms with Crippen LogP contribution >= 0.6 is 11.8 Å². The predicted octanol–water partition coefficient (Wildman–Crippen LogP) is 5.74. The van der Waals surface area contributed by atoms with Gasteiger partial charge in [0.2, 0.25) is 11.0 Å². The molecule has 0 radical (unpaired) electrons. The topological polar surface area (TPSA) is 46.2 Å². The summed E-state index contributed by atoms with van der Waals surface area (Å²) in [5.41, 5.74) is 0.171. The Morgan fingerprint density at radius 1 is 1.17 bits per heavy atom. The van der Waals surface area contributed by atoms with E-state index in [1.54, 1.807) is 11.8 Å². The average Bonchev–Trinajstić information content (AvgIpc) is 2.99. The lowest BCUT2D eigenvalue weighted by Gasteiger charge is -2.58. The van der Waals surface area contributed by atoms with Gasteiger partial charge in [0.05, 0.1) is 0 Å². The van der Waals surface area contributed by atoms with Gasteiger partial charge in [0.1, 0.15) is 0 Å². The number of hydrogen-bond donors (Lipinski definition) is 1. The maximum atomic E-state index is 13.3. The van der Waals surface area contributed by atoms with Gasteiger partial charge in [-0.3, -0.25) is 9.59 Å². The second-order valence-corrected chi connectivity index (χ2v) is 12.6. The van der Waals surface area contributed by atoms with E-state index in [1.807, 2.05) is 6.08 Å². The molecule has 3 fully saturated rings. The SMILES string of the molecule is CCCC(C)(C)NC(=O)[C@H]1CC[C@H]2[C@@H]3CC[C@H]4SC(=O)C=C[C@]4(C)[C@H]3CC[C@]12C. The summed E-state index contributed by atoms with van der Waals surface area (Å²) < 4.78 is 0. The highest BCUT2D eigenvalue weighted by Gasteiger charge is 2.61. The summed E-state index contributed by atoms with van der Waals surface area (Å²) in [5, 5.41) is 4.08. The van der Waals surface area contributed by atoms with Crippen LogP contribution in [0.15, 0.2) is 12.2 Å². The van der Waals surface area contributed by atoms with E-state index in [-0.39, 0.29) is 27.4 Å². The Morgan fingerprint density at radius 2 is 1.93 bits per heavy atom. The maximum absolute atomic E-state index is 13.3. The second kappa shape index (κ2) is 7.43. The highest BCUT2D eigenvalue weighted by Crippen LogP contribution is 2.66. The lowest BCUT2D eigenvalue weighted by Crippen LogP contribution is -2.55. The minimum atomic E-state index is -0.111. The molecule has 1 heterocycles. The highest BCUT2D eigenvalue weighted by molar-refractivity contribution is 8.14. The molecule has 0 saturated heterocycles. The van der Waals surface area contributed by atoms with Crippen molar-refractivity contribution in [3.05, 3.63) is 12.2 Å². The zero-order chi connectivity index (χ0) is 21.0. The normalized spacial score (nSPS) is 44.0. The van der Waals surface area contributed by atoms with Crippen LogP contribution in [0, 0.1) is 34.5 Å². The monoisotopic (exact) mass is 417 g/mol. The molecule has 0 aromatic rings. The number of carbonyl (C=O) groups is 2. The van der Waals surface area contributed by atoms with Crippen LogP contribution < -0.4 is 5.32 Å². The van der Waals surface area contributed by atoms with E-state index in [2.05, 4.69) is 46.0 Å². The summed E-state index contributed by atoms with van der Waals surface area (Å²) in [6, 6.07) is 0. The third-order valence-corrected chi connectivity index (χ3v) is 10.6. The molecule has 3 aliphatic carbocycles. The number of amides is 1. The first-order valence-corrected chi connectivity index (χ1v) is 12.7. The van der Waals surface area contributed by atoms with E-state index >= 15 is 0 Å². The maximum Gasteiger partial charge on any atom is 0.224 e. The van der Waals surface area contributed by atoms with Crippen molar-refractivity contribution >= 4 is 22.8 Å². The fourth-order valence-electron chi connectivity index (χ4n) is 7.74. The number of allylic oxidation sites excluding steroid dienone is 1. The van der Waals surface area contributed by atoms with E-state index in [4.69, 9.17) is 0 Å². The van der Waals surface area contributed by atoms with Crippen molar-refractivity contribution in [3.8, 4) is 0 Å². The van der Waals surface area contributed by atoms with Gasteiger partial charge in [-0.15, -0.1) is 0 Å². The standard InChI is InChI=1S/C25H39NO2S/c1-6-13-23(2,3)26-22(28)19-9-8-17-16-7-10-20-25(5,15-12-21(27)29-20)18(16)11-14-24(17,19)4/h12,15-20H,6-11,13-14H2,1-5H3,(H,26,28)/t16-,17-,18-,19+,20+,24-,25+/m0/s1. The van der Waals surface area contributed by atoms with Gasteiger partial charge >= 0.3 is 0 Å². The van der Waals surface area contributed by atoms with Crippen molar-refractivity contribution in [2.45, 2.75) is 96.8 Å². The fraction of sp³-hybridized carbons (Fsp3) is 0.840. The van der Waals surface area contributed by atoms with Crippen LogP contribution in [0.1, 0.15) is 86.0 Å². The van der Waals surface area contributed by atoms with E-state index < -0.39 is 0 Å². The number of rotatable bonds is 4. The summed E-state index contributed by atoms with van der Waals surface area (Å²) in [4.78, 5) is 25.3. The number of nitrogens with one attached hydrogen (secondary N) is 1. The minimum Gasteiger partial charge on any atom is -0.351 e. The largest absolute Gasteiger partial charge is 0.351 e. The number of fused-ring (bicyclic) bond motifs is 5. The molecule has 1 N–H and O–H groups in total. The molecule has 29 heavy (non-hydrogen) atoms. The molecule has 0 spiro atoms. The first-order chi connectivity index (χ1) is 13.6. The smallest absolute Gasteiger partial charge is 0.224 e. The van der Waals surface area contributed by atoms with Crippen molar-refractivity contribution in [3.63, 3.8) is 0 Å². The number of carbonyl (C=O) groups excluding carboxylic acids is 2. The third-order valence-electron chi connectivity index (χ3n) is 9.18. The molecule has 1 amide bonds. The zero-order valence-corrected chi connectivity index (χ0v) is 19.7. The van der Waals surface area contributed by atoms with Crippen LogP contribution in [0.4, 0.5) is 0 Å². The molecule has 162 valence electrons. The van der Waals surface area contributed by atoms with Crippen molar-refractivity contribution in [2.75, 3.05) is 0 Å². The first kappa shape index (κ1) is 21.5. The molecular weight excluding hydrogens is 378 g/mol. The van der Waals surface area contributed by atoms with E-state index in [1.165, 1.54) is 19.3 Å². The Balaban J connectivity index is 1.54. The average molecular weight is 418 g/mol. The molecule has 0 bridgehead atoms. The zero-order valence-electron chi connectivity index (χ0n) is 18.9. The predicted molar refractivity (Wildman–Crippen MR) is 121 cm³/mol. The van der Waals surface area contributed by atoms with Crippen molar-refractivity contribution in [1.29, 1.82) is 0 Å². The van der Waals surface area contributed by atoms with Gasteiger partial charge in [0, 0.05) is 22.1 Å². The number of thioether (sulfide) groups is 1. The summed E-state index contributed by atoms with van der Waals surface area (Å²) in [6.45, 7) is 11.3. The van der Waals surface area contributed by atoms with Crippen LogP contribution in [0.25, 0.3) is 0 Å². The molecular formula is C25H39NO2S. The highest BCUT2D eigenvalue weighted by atomic mass is 32.2. The molecule has 3 saturated carbocycles. The Kier molecular flexibility index (Phi) is 5.50. The van der Waals surface area contributed by atoms with Crippen molar-refractivity contribution < 1.29 is 9.59 Å². The Morgan fingerprint density at radius 3 is 2.66 bits per heavy atom. The summed E-state index contributed by atoms with van der Waals surface area (Å²) in [5.74, 6) is 2.47. The minimum absolute atomic E-state index is 0.111. The molecule has 0 unspecified atom stereocenters. The van der Waals surface area contributed by atoms with Crippen molar-refractivity contribution in [2.24, 2.45) is 34.5 Å². The summed E-state index contributed by atoms with van der Waals surface area (Å²) in [7, 11) is 0. The van der Waals surface area contributed by atoms with E-state index in [0.29, 0.717) is 28.9 Å². The first-order valence-electron chi connectivity index (χ1n) is 11.8. The van der Waals surface area contributed by atoms with E-state index in [9.17, 15) is 9.59 Å². The quantitative estimate of drug-likeness (QED) is 0.634. The van der Waals surface area contributed by atoms with E-state index in [0.717, 1.165) is 32.1 Å². The molecule has 1 aliphatic heterocycles. The van der Waals surface area contributed by atoms with Crippen LogP contribution in [-0.4, -0.2) is 21.8 Å². The van der Waals surface area contributed by atoms with Crippen LogP contribution in [-0.2, 0) is 9.59 Å². The Bertz CT molecular complexity index is 716. The molecule has 4 aliphatic rings. The van der Waals surface area contributed by atoms with Crippen LogP contribution in [0.5, 0.6) is 0 Å². The van der Waals surface area contributed by atoms with Crippen LogP contribution in [0.3, 0.4) is 0 Å². The van der Waals surface area contributed by atoms with Gasteiger partial charge < -0.3 is 5.32 Å².